The van der Waals surface area contributed by atoms with Gasteiger partial charge in [-0.1, -0.05) is 53.0 Å². The van der Waals surface area contributed by atoms with Crippen molar-refractivity contribution in [1.82, 2.24) is 19.9 Å². The number of halogens is 3. The van der Waals surface area contributed by atoms with Crippen molar-refractivity contribution >= 4 is 46.9 Å². The molecule has 0 saturated heterocycles. The molecule has 2 aromatic carbocycles. The Labute approximate surface area is 180 Å². The van der Waals surface area contributed by atoms with Gasteiger partial charge in [0.25, 0.3) is 5.91 Å². The Kier molecular flexibility index (Phi) is 6.58. The van der Waals surface area contributed by atoms with E-state index in [2.05, 4.69) is 15.6 Å². The van der Waals surface area contributed by atoms with Crippen molar-refractivity contribution < 1.29 is 4.79 Å². The molecule has 0 spiro atoms. The van der Waals surface area contributed by atoms with Crippen LogP contribution >= 0.6 is 34.8 Å². The zero-order chi connectivity index (χ0) is 21.0. The van der Waals surface area contributed by atoms with Gasteiger partial charge in [0, 0.05) is 22.0 Å². The number of carbonyl (C=O) groups excluding carboxylic acids is 1. The molecule has 1 aromatic heterocycles. The number of amides is 1. The summed E-state index contributed by atoms with van der Waals surface area (Å²) in [7, 11) is 0. The fraction of sp³-hybridized carbons (Fsp3) is 0.111. The molecule has 3 aromatic rings. The lowest BCUT2D eigenvalue weighted by molar-refractivity contribution is -0.121. The molecule has 0 atom stereocenters. The van der Waals surface area contributed by atoms with Crippen LogP contribution in [0.5, 0.6) is 0 Å². The molecule has 1 heterocycles. The van der Waals surface area contributed by atoms with Crippen molar-refractivity contribution in [3.8, 4) is 0 Å². The molecule has 0 aliphatic heterocycles. The van der Waals surface area contributed by atoms with Crippen LogP contribution < -0.4 is 17.0 Å². The van der Waals surface area contributed by atoms with E-state index in [0.29, 0.717) is 32.9 Å². The Morgan fingerprint density at radius 3 is 2.52 bits per heavy atom. The van der Waals surface area contributed by atoms with Gasteiger partial charge in [-0.05, 0) is 29.8 Å². The highest BCUT2D eigenvalue weighted by Crippen LogP contribution is 2.19. The average Bonchev–Trinajstić information content (AvgIpc) is 2.93. The summed E-state index contributed by atoms with van der Waals surface area (Å²) in [5, 5.41) is 9.41. The maximum absolute atomic E-state index is 12.2. The normalized spacial score (nSPS) is 11.1. The summed E-state index contributed by atoms with van der Waals surface area (Å²) in [6.45, 7) is -0.345. The van der Waals surface area contributed by atoms with E-state index >= 15 is 0 Å². The van der Waals surface area contributed by atoms with Gasteiger partial charge < -0.3 is 5.84 Å². The van der Waals surface area contributed by atoms with Crippen LogP contribution in [0.1, 0.15) is 17.0 Å². The number of hydrogen-bond donors (Lipinski definition) is 2. The predicted molar refractivity (Wildman–Crippen MR) is 113 cm³/mol. The van der Waals surface area contributed by atoms with E-state index in [1.165, 1.54) is 6.21 Å². The summed E-state index contributed by atoms with van der Waals surface area (Å²) < 4.78 is 1.87. The first-order valence-electron chi connectivity index (χ1n) is 8.28. The minimum atomic E-state index is -0.617. The van der Waals surface area contributed by atoms with Gasteiger partial charge in [-0.15, -0.1) is 0 Å². The minimum Gasteiger partial charge on any atom is -0.333 e. The van der Waals surface area contributed by atoms with Gasteiger partial charge in [0.2, 0.25) is 0 Å². The summed E-state index contributed by atoms with van der Waals surface area (Å²) in [6, 6.07) is 11.9. The molecule has 0 saturated carbocycles. The molecule has 0 aliphatic carbocycles. The molecule has 0 radical (unpaired) electrons. The third-order valence-corrected chi connectivity index (χ3v) is 4.68. The summed E-state index contributed by atoms with van der Waals surface area (Å²) in [4.78, 5) is 24.3. The van der Waals surface area contributed by atoms with Crippen LogP contribution in [0.4, 0.5) is 0 Å². The highest BCUT2D eigenvalue weighted by atomic mass is 35.5. The van der Waals surface area contributed by atoms with Crippen LogP contribution in [0.25, 0.3) is 0 Å². The number of aromatic nitrogens is 3. The molecule has 0 bridgehead atoms. The average molecular weight is 454 g/mol. The Morgan fingerprint density at radius 1 is 1.14 bits per heavy atom. The van der Waals surface area contributed by atoms with Gasteiger partial charge in [-0.3, -0.25) is 4.79 Å². The van der Waals surface area contributed by atoms with Gasteiger partial charge in [-0.25, -0.2) is 14.9 Å². The van der Waals surface area contributed by atoms with Crippen LogP contribution in [0.15, 0.2) is 52.4 Å². The smallest absolute Gasteiger partial charge is 0.333 e. The quantitative estimate of drug-likeness (QED) is 0.339. The van der Waals surface area contributed by atoms with Crippen LogP contribution in [-0.4, -0.2) is 26.6 Å². The van der Waals surface area contributed by atoms with Crippen molar-refractivity contribution in [3.05, 3.63) is 85.0 Å². The maximum atomic E-state index is 12.2. The molecular formula is C18H15Cl3N6O2. The van der Waals surface area contributed by atoms with Crippen LogP contribution in [0, 0.1) is 0 Å². The van der Waals surface area contributed by atoms with E-state index in [1.807, 2.05) is 0 Å². The fourth-order valence-corrected chi connectivity index (χ4v) is 3.01. The molecule has 0 aliphatic rings. The molecule has 11 heteroatoms. The lowest BCUT2D eigenvalue weighted by Gasteiger charge is -2.01. The third-order valence-electron chi connectivity index (χ3n) is 3.87. The molecular weight excluding hydrogens is 439 g/mol. The van der Waals surface area contributed by atoms with Crippen molar-refractivity contribution in [1.29, 1.82) is 0 Å². The van der Waals surface area contributed by atoms with Gasteiger partial charge in [0.05, 0.1) is 11.2 Å². The highest BCUT2D eigenvalue weighted by molar-refractivity contribution is 6.36. The predicted octanol–water partition coefficient (Wildman–Crippen LogP) is 2.46. The summed E-state index contributed by atoms with van der Waals surface area (Å²) in [6.07, 6.45) is 1.68. The van der Waals surface area contributed by atoms with Gasteiger partial charge >= 0.3 is 5.69 Å². The minimum absolute atomic E-state index is 0.307. The standard InChI is InChI=1S/C18H15Cl3N6O2/c19-13-4-1-11(2-5-13)7-16-25-26(18(29)27(16)22)10-17(28)24-23-9-12-3-6-14(20)8-15(12)21/h1-6,8-9H,7,10,22H2,(H,24,28). The monoisotopic (exact) mass is 452 g/mol. The fourth-order valence-electron chi connectivity index (χ4n) is 2.42. The van der Waals surface area contributed by atoms with E-state index < -0.39 is 11.6 Å². The van der Waals surface area contributed by atoms with E-state index in [4.69, 9.17) is 40.6 Å². The molecule has 0 fully saturated rings. The number of benzene rings is 2. The van der Waals surface area contributed by atoms with Crippen molar-refractivity contribution in [2.24, 2.45) is 5.10 Å². The van der Waals surface area contributed by atoms with Crippen LogP contribution in [-0.2, 0) is 17.8 Å². The third kappa shape index (κ3) is 5.38. The number of nitrogen functional groups attached to an aromatic ring is 1. The zero-order valence-corrected chi connectivity index (χ0v) is 17.1. The Balaban J connectivity index is 1.65. The number of hydrazone groups is 1. The number of nitrogens with zero attached hydrogens (tertiary/aromatic N) is 4. The van der Waals surface area contributed by atoms with Gasteiger partial charge in [0.15, 0.2) is 5.82 Å². The molecule has 29 heavy (non-hydrogen) atoms. The van der Waals surface area contributed by atoms with E-state index in [-0.39, 0.29) is 6.54 Å². The first kappa shape index (κ1) is 20.9. The molecule has 0 unspecified atom stereocenters. The van der Waals surface area contributed by atoms with Crippen LogP contribution in [0.3, 0.4) is 0 Å². The summed E-state index contributed by atoms with van der Waals surface area (Å²) in [5.41, 5.74) is 3.13. The first-order valence-corrected chi connectivity index (χ1v) is 9.42. The van der Waals surface area contributed by atoms with Crippen molar-refractivity contribution in [2.45, 2.75) is 13.0 Å². The van der Waals surface area contributed by atoms with E-state index in [1.54, 1.807) is 42.5 Å². The zero-order valence-electron chi connectivity index (χ0n) is 14.8. The summed E-state index contributed by atoms with van der Waals surface area (Å²) in [5.74, 6) is 5.53. The van der Waals surface area contributed by atoms with Crippen LogP contribution in [0.2, 0.25) is 15.1 Å². The van der Waals surface area contributed by atoms with Gasteiger partial charge in [0.1, 0.15) is 6.54 Å². The lowest BCUT2D eigenvalue weighted by atomic mass is 10.1. The van der Waals surface area contributed by atoms with Crippen molar-refractivity contribution in [3.63, 3.8) is 0 Å². The van der Waals surface area contributed by atoms with E-state index in [0.717, 1.165) is 14.9 Å². The van der Waals surface area contributed by atoms with E-state index in [9.17, 15) is 9.59 Å². The maximum Gasteiger partial charge on any atom is 0.365 e. The first-order chi connectivity index (χ1) is 13.8. The SMILES string of the molecule is Nn1c(Cc2ccc(Cl)cc2)nn(CC(=O)NN=Cc2ccc(Cl)cc2Cl)c1=O. The van der Waals surface area contributed by atoms with Crippen molar-refractivity contribution in [2.75, 3.05) is 5.84 Å². The number of rotatable bonds is 6. The van der Waals surface area contributed by atoms with Gasteiger partial charge in [-0.2, -0.15) is 14.9 Å². The highest BCUT2D eigenvalue weighted by Gasteiger charge is 2.14. The lowest BCUT2D eigenvalue weighted by Crippen LogP contribution is -2.34. The Hall–Kier alpha value is -2.81. The topological polar surface area (TPSA) is 107 Å². The number of carbonyl (C=O) groups is 1. The number of nitrogens with one attached hydrogen (secondary N) is 1. The molecule has 8 nitrogen and oxygen atoms in total. The molecule has 3 rings (SSSR count). The second-order valence-electron chi connectivity index (χ2n) is 5.99. The Morgan fingerprint density at radius 2 is 1.83 bits per heavy atom. The number of hydrogen-bond acceptors (Lipinski definition) is 5. The largest absolute Gasteiger partial charge is 0.365 e. The summed E-state index contributed by atoms with van der Waals surface area (Å²) >= 11 is 17.7. The molecule has 1 amide bonds. The Bertz CT molecular complexity index is 1120. The second kappa shape index (κ2) is 9.13. The molecule has 150 valence electrons. The molecule has 3 N–H and O–H groups in total. The number of nitrogens with two attached hydrogens (primary N) is 1. The second-order valence-corrected chi connectivity index (χ2v) is 7.27.